The molecule has 0 fully saturated rings. The van der Waals surface area contributed by atoms with Crippen molar-refractivity contribution in [2.24, 2.45) is 0 Å². The number of hydrogen-bond donors (Lipinski definition) is 2. The predicted molar refractivity (Wildman–Crippen MR) is 139 cm³/mol. The molecular weight excluding hydrogens is 503 g/mol. The van der Waals surface area contributed by atoms with Crippen molar-refractivity contribution in [2.75, 3.05) is 7.11 Å². The minimum absolute atomic E-state index is 0. The molecule has 1 aliphatic carbocycles. The van der Waals surface area contributed by atoms with Crippen molar-refractivity contribution >= 4 is 67.3 Å². The van der Waals surface area contributed by atoms with Crippen LogP contribution in [0.1, 0.15) is 48.1 Å². The van der Waals surface area contributed by atoms with Crippen molar-refractivity contribution < 1.29 is 23.1 Å². The van der Waals surface area contributed by atoms with Crippen molar-refractivity contribution in [3.8, 4) is 17.0 Å². The van der Waals surface area contributed by atoms with E-state index in [9.17, 15) is 18.3 Å². The summed E-state index contributed by atoms with van der Waals surface area (Å²) in [6, 6.07) is 12.3. The van der Waals surface area contributed by atoms with Gasteiger partial charge in [0.1, 0.15) is 0 Å². The number of aromatic nitrogens is 1. The fourth-order valence-corrected chi connectivity index (χ4v) is 5.85. The van der Waals surface area contributed by atoms with Crippen LogP contribution < -0.4 is 9.46 Å². The van der Waals surface area contributed by atoms with Crippen LogP contribution in [0.2, 0.25) is 0 Å². The molecule has 1 amide bonds. The average molecular weight is 534 g/mol. The number of rotatable bonds is 7. The standard InChI is InChI=1S/C27H30N2O5S.K/c1-17-14-20(27(2,3)31)9-11-24(17)35(32,33)29-25(30)16-23-21-7-5-6-18(21)8-10-22(23)19-12-13-28-26(15-19)34-4;/h8-15,31H,5-7,16H2,1-4H3,(H,29,30);. The predicted octanol–water partition coefficient (Wildman–Crippen LogP) is 3.45. The van der Waals surface area contributed by atoms with Crippen LogP contribution in [-0.2, 0) is 39.7 Å². The van der Waals surface area contributed by atoms with Gasteiger partial charge in [-0.15, -0.1) is 0 Å². The van der Waals surface area contributed by atoms with E-state index >= 15 is 0 Å². The molecule has 4 rings (SSSR count). The van der Waals surface area contributed by atoms with Crippen molar-refractivity contribution in [1.29, 1.82) is 0 Å². The number of hydrogen-bond acceptors (Lipinski definition) is 6. The zero-order chi connectivity index (χ0) is 25.4. The van der Waals surface area contributed by atoms with Crippen LogP contribution in [0, 0.1) is 6.92 Å². The van der Waals surface area contributed by atoms with E-state index in [1.807, 2.05) is 18.2 Å². The van der Waals surface area contributed by atoms with E-state index in [1.54, 1.807) is 46.2 Å². The summed E-state index contributed by atoms with van der Waals surface area (Å²) in [4.78, 5) is 17.3. The van der Waals surface area contributed by atoms with Crippen LogP contribution >= 0.6 is 0 Å². The second-order valence-corrected chi connectivity index (χ2v) is 11.1. The number of ether oxygens (including phenoxy) is 1. The van der Waals surface area contributed by atoms with Crippen LogP contribution in [0.25, 0.3) is 11.1 Å². The van der Waals surface area contributed by atoms with E-state index in [4.69, 9.17) is 4.74 Å². The van der Waals surface area contributed by atoms with Gasteiger partial charge in [-0.3, -0.25) is 4.79 Å². The van der Waals surface area contributed by atoms with E-state index in [0.717, 1.165) is 41.5 Å². The number of fused-ring (bicyclic) bond motifs is 1. The third-order valence-electron chi connectivity index (χ3n) is 6.41. The second kappa shape index (κ2) is 11.4. The molecule has 1 radical (unpaired) electrons. The molecule has 0 bridgehead atoms. The zero-order valence-electron chi connectivity index (χ0n) is 21.4. The maximum atomic E-state index is 13.1. The molecule has 1 aromatic heterocycles. The Hall–Kier alpha value is -1.59. The molecule has 0 spiro atoms. The number of carbonyl (C=O) groups is 1. The molecule has 1 heterocycles. The molecule has 0 saturated carbocycles. The van der Waals surface area contributed by atoms with Crippen molar-refractivity contribution in [3.63, 3.8) is 0 Å². The summed E-state index contributed by atoms with van der Waals surface area (Å²) < 4.78 is 33.6. The first-order chi connectivity index (χ1) is 16.5. The summed E-state index contributed by atoms with van der Waals surface area (Å²) in [6.45, 7) is 4.91. The molecule has 3 aromatic rings. The van der Waals surface area contributed by atoms with Crippen LogP contribution in [0.3, 0.4) is 0 Å². The summed E-state index contributed by atoms with van der Waals surface area (Å²) in [5, 5.41) is 10.2. The molecule has 0 unspecified atom stereocenters. The number of benzene rings is 2. The van der Waals surface area contributed by atoms with Gasteiger partial charge in [0.15, 0.2) is 0 Å². The van der Waals surface area contributed by atoms with Crippen molar-refractivity contribution in [2.45, 2.75) is 57.0 Å². The van der Waals surface area contributed by atoms with Gasteiger partial charge in [-0.1, -0.05) is 24.3 Å². The third-order valence-corrected chi connectivity index (χ3v) is 7.95. The van der Waals surface area contributed by atoms with E-state index in [2.05, 4.69) is 15.8 Å². The largest absolute Gasteiger partial charge is 0.481 e. The van der Waals surface area contributed by atoms with Crippen molar-refractivity contribution in [3.05, 3.63) is 76.5 Å². The smallest absolute Gasteiger partial charge is 0.264 e. The van der Waals surface area contributed by atoms with E-state index in [-0.39, 0.29) is 62.7 Å². The molecule has 2 aromatic carbocycles. The number of nitrogens with one attached hydrogen (secondary N) is 1. The average Bonchev–Trinajstić information content (AvgIpc) is 3.27. The van der Waals surface area contributed by atoms with Crippen molar-refractivity contribution in [1.82, 2.24) is 9.71 Å². The Bertz CT molecular complexity index is 1400. The topological polar surface area (TPSA) is 106 Å². The fraction of sp³-hybridized carbons (Fsp3) is 0.333. The number of aryl methyl sites for hydroxylation is 2. The molecule has 7 nitrogen and oxygen atoms in total. The van der Waals surface area contributed by atoms with Gasteiger partial charge in [0.2, 0.25) is 11.8 Å². The van der Waals surface area contributed by atoms with Gasteiger partial charge in [-0.25, -0.2) is 18.1 Å². The maximum Gasteiger partial charge on any atom is 0.264 e. The number of carbonyl (C=O) groups excluding carboxylic acids is 1. The quantitative estimate of drug-likeness (QED) is 0.451. The van der Waals surface area contributed by atoms with Gasteiger partial charge in [-0.05, 0) is 91.1 Å². The van der Waals surface area contributed by atoms with Gasteiger partial charge in [0, 0.05) is 63.6 Å². The Balaban J connectivity index is 0.00000361. The Kier molecular flexibility index (Phi) is 9.20. The Morgan fingerprint density at radius 1 is 1.14 bits per heavy atom. The summed E-state index contributed by atoms with van der Waals surface area (Å²) in [7, 11) is -2.54. The Morgan fingerprint density at radius 2 is 1.89 bits per heavy atom. The van der Waals surface area contributed by atoms with Crippen LogP contribution in [0.5, 0.6) is 5.88 Å². The minimum atomic E-state index is -4.09. The molecule has 0 aliphatic heterocycles. The number of methoxy groups -OCH3 is 1. The summed E-state index contributed by atoms with van der Waals surface area (Å²) in [5.74, 6) is -0.135. The van der Waals surface area contributed by atoms with E-state index in [1.165, 1.54) is 11.6 Å². The van der Waals surface area contributed by atoms with Gasteiger partial charge in [-0.2, -0.15) is 0 Å². The zero-order valence-corrected chi connectivity index (χ0v) is 25.3. The maximum absolute atomic E-state index is 13.1. The molecular formula is C27H30KN2O5S. The molecule has 0 saturated heterocycles. The summed E-state index contributed by atoms with van der Waals surface area (Å²) in [5.41, 5.74) is 4.80. The van der Waals surface area contributed by atoms with Gasteiger partial charge in [0.25, 0.3) is 10.0 Å². The van der Waals surface area contributed by atoms with E-state index in [0.29, 0.717) is 17.0 Å². The minimum Gasteiger partial charge on any atom is -0.481 e. The first-order valence-electron chi connectivity index (χ1n) is 11.5. The first-order valence-corrected chi connectivity index (χ1v) is 13.0. The molecule has 9 heteroatoms. The molecule has 1 aliphatic rings. The number of nitrogens with zero attached hydrogens (tertiary/aromatic N) is 1. The Labute approximate surface area is 255 Å². The third kappa shape index (κ3) is 6.27. The molecule has 0 atom stereocenters. The summed E-state index contributed by atoms with van der Waals surface area (Å²) >= 11 is 0. The van der Waals surface area contributed by atoms with Crippen LogP contribution in [0.4, 0.5) is 0 Å². The normalized spacial score (nSPS) is 13.0. The molecule has 36 heavy (non-hydrogen) atoms. The monoisotopic (exact) mass is 533 g/mol. The molecule has 185 valence electrons. The SMILES string of the molecule is COc1cc(-c2ccc3c(c2CC(=O)NS(=O)(=O)c2ccc(C(C)(C)O)cc2C)CCC3)ccn1.[K]. The van der Waals surface area contributed by atoms with Gasteiger partial charge in [0.05, 0.1) is 24.0 Å². The number of sulfonamides is 1. The number of amides is 1. The number of aliphatic hydroxyl groups is 1. The van der Waals surface area contributed by atoms with E-state index < -0.39 is 21.5 Å². The first kappa shape index (κ1) is 29.0. The summed E-state index contributed by atoms with van der Waals surface area (Å²) in [6.07, 6.45) is 4.37. The van der Waals surface area contributed by atoms with Crippen LogP contribution in [0.15, 0.2) is 53.6 Å². The fourth-order valence-electron chi connectivity index (χ4n) is 4.64. The number of pyridine rings is 1. The van der Waals surface area contributed by atoms with Gasteiger partial charge < -0.3 is 9.84 Å². The van der Waals surface area contributed by atoms with Gasteiger partial charge >= 0.3 is 0 Å². The van der Waals surface area contributed by atoms with Crippen LogP contribution in [-0.4, -0.2) is 82.9 Å². The Morgan fingerprint density at radius 3 is 2.56 bits per heavy atom. The second-order valence-electron chi connectivity index (χ2n) is 9.41. The molecule has 2 N–H and O–H groups in total.